The topological polar surface area (TPSA) is 0 Å². The summed E-state index contributed by atoms with van der Waals surface area (Å²) in [5, 5.41) is 3.02. The van der Waals surface area contributed by atoms with Crippen molar-refractivity contribution in [1.82, 2.24) is 0 Å². The Bertz CT molecular complexity index is 421. The third kappa shape index (κ3) is 5.78. The molecule has 1 rings (SSSR count). The van der Waals surface area contributed by atoms with Crippen LogP contribution in [0.2, 0.25) is 0 Å². The molecule has 1 aromatic rings. The molecule has 0 aromatic heterocycles. The van der Waals surface area contributed by atoms with Crippen molar-refractivity contribution in [2.75, 3.05) is 20.3 Å². The van der Waals surface area contributed by atoms with Crippen LogP contribution in [0.15, 0.2) is 25.6 Å². The molecule has 0 N–H and O–H groups in total. The molecule has 0 aliphatic carbocycles. The van der Waals surface area contributed by atoms with Crippen molar-refractivity contribution in [1.29, 1.82) is 0 Å². The van der Waals surface area contributed by atoms with E-state index >= 15 is 0 Å². The molecule has 9 heteroatoms. The second-order valence-electron chi connectivity index (χ2n) is 3.27. The van der Waals surface area contributed by atoms with E-state index in [1.54, 1.807) is 47.0 Å². The van der Waals surface area contributed by atoms with Crippen molar-refractivity contribution in [3.8, 4) is 0 Å². The Morgan fingerprint density at radius 2 is 1.15 bits per heavy atom. The Morgan fingerprint density at radius 1 is 0.650 bits per heavy atom. The fraction of sp³-hybridized carbons (Fsp3) is 0.455. The number of benzene rings is 1. The molecule has 0 aliphatic rings. The zero-order valence-corrected chi connectivity index (χ0v) is 18.2. The Kier molecular flexibility index (Phi) is 12.1. The fourth-order valence-electron chi connectivity index (χ4n) is 1.56. The predicted molar refractivity (Wildman–Crippen MR) is 118 cm³/mol. The van der Waals surface area contributed by atoms with Crippen LogP contribution in [-0.2, 0) is 5.75 Å². The second-order valence-corrected chi connectivity index (χ2v) is 10.5. The molecule has 0 unspecified atom stereocenters. The number of thioether (sulfide) groups is 4. The lowest BCUT2D eigenvalue weighted by molar-refractivity contribution is 0.996. The van der Waals surface area contributed by atoms with Gasteiger partial charge in [0.25, 0.3) is 0 Å². The first-order valence-corrected chi connectivity index (χ1v) is 12.6. The molecule has 0 bridgehead atoms. The Balaban J connectivity index is 3.43. The van der Waals surface area contributed by atoms with Gasteiger partial charge in [-0.05, 0) is 11.6 Å². The lowest BCUT2D eigenvalue weighted by Gasteiger charge is -2.19. The summed E-state index contributed by atoms with van der Waals surface area (Å²) in [5.74, 6) is 0.724. The quantitative estimate of drug-likeness (QED) is 0.182. The molecule has 0 saturated carbocycles. The molecule has 0 atom stereocenters. The molecule has 0 heterocycles. The summed E-state index contributed by atoms with van der Waals surface area (Å²) in [4.78, 5) is 5.11. The lowest BCUT2D eigenvalue weighted by atomic mass is 10.2. The van der Waals surface area contributed by atoms with E-state index in [4.69, 9.17) is 0 Å². The standard InChI is InChI=1S/C11H16S9/c12-2-7-1-8(17-3-13)10(19-5-15)11(20-6-16)9(7)18-4-14/h1,12-16H,2-6H2. The van der Waals surface area contributed by atoms with E-state index in [0.29, 0.717) is 0 Å². The van der Waals surface area contributed by atoms with Gasteiger partial charge in [0.05, 0.1) is 0 Å². The SMILES string of the molecule is SCSc1cc(CS)c(SCS)c(SCS)c1SCS. The van der Waals surface area contributed by atoms with Gasteiger partial charge in [0, 0.05) is 45.7 Å². The summed E-state index contributed by atoms with van der Waals surface area (Å²) < 4.78 is 0. The number of thiol groups is 5. The molecule has 0 saturated heterocycles. The van der Waals surface area contributed by atoms with Gasteiger partial charge in [-0.25, -0.2) is 0 Å². The van der Waals surface area contributed by atoms with Crippen LogP contribution in [0.4, 0.5) is 0 Å². The average molecular weight is 437 g/mol. The molecular formula is C11H16S9. The zero-order valence-electron chi connectivity index (χ0n) is 10.5. The fourth-order valence-corrected chi connectivity index (χ4v) is 7.16. The molecule has 0 radical (unpaired) electrons. The van der Waals surface area contributed by atoms with Crippen LogP contribution in [0.3, 0.4) is 0 Å². The molecule has 20 heavy (non-hydrogen) atoms. The molecule has 0 nitrogen and oxygen atoms in total. The van der Waals surface area contributed by atoms with Gasteiger partial charge in [0.2, 0.25) is 0 Å². The van der Waals surface area contributed by atoms with E-state index in [2.05, 4.69) is 69.2 Å². The molecular weight excluding hydrogens is 421 g/mol. The Morgan fingerprint density at radius 3 is 1.65 bits per heavy atom. The molecule has 0 amide bonds. The van der Waals surface area contributed by atoms with Crippen LogP contribution in [0, 0.1) is 0 Å². The maximum atomic E-state index is 4.47. The van der Waals surface area contributed by atoms with Gasteiger partial charge in [0.1, 0.15) is 0 Å². The van der Waals surface area contributed by atoms with Gasteiger partial charge >= 0.3 is 0 Å². The molecule has 0 spiro atoms. The number of rotatable bonds is 9. The van der Waals surface area contributed by atoms with Crippen molar-refractivity contribution in [3.63, 3.8) is 0 Å². The number of hydrogen-bond donors (Lipinski definition) is 5. The third-order valence-electron chi connectivity index (χ3n) is 2.25. The van der Waals surface area contributed by atoms with Crippen LogP contribution in [-0.4, -0.2) is 20.3 Å². The van der Waals surface area contributed by atoms with Crippen molar-refractivity contribution >= 4 is 110 Å². The molecule has 0 aliphatic heterocycles. The van der Waals surface area contributed by atoms with E-state index in [-0.39, 0.29) is 0 Å². The minimum Gasteiger partial charge on any atom is -0.175 e. The van der Waals surface area contributed by atoms with Crippen LogP contribution in [0.5, 0.6) is 0 Å². The summed E-state index contributed by atoms with van der Waals surface area (Å²) >= 11 is 28.9. The predicted octanol–water partition coefficient (Wildman–Crippen LogP) is 6.03. The van der Waals surface area contributed by atoms with Crippen molar-refractivity contribution in [2.24, 2.45) is 0 Å². The van der Waals surface area contributed by atoms with Crippen LogP contribution < -0.4 is 0 Å². The molecule has 114 valence electrons. The van der Waals surface area contributed by atoms with Gasteiger partial charge in [-0.15, -0.1) is 47.0 Å². The first-order valence-electron chi connectivity index (χ1n) is 5.48. The van der Waals surface area contributed by atoms with E-state index in [0.717, 1.165) is 26.1 Å². The van der Waals surface area contributed by atoms with Gasteiger partial charge in [-0.3, -0.25) is 0 Å². The Labute approximate surface area is 166 Å². The minimum atomic E-state index is 0.724. The van der Waals surface area contributed by atoms with Gasteiger partial charge in [-0.2, -0.15) is 63.1 Å². The minimum absolute atomic E-state index is 0.724. The van der Waals surface area contributed by atoms with E-state index in [9.17, 15) is 0 Å². The summed E-state index contributed by atoms with van der Waals surface area (Å²) in [7, 11) is 0. The first kappa shape index (κ1) is 20.4. The highest BCUT2D eigenvalue weighted by molar-refractivity contribution is 8.13. The summed E-state index contributed by atoms with van der Waals surface area (Å²) in [5.41, 5.74) is 1.25. The molecule has 0 fully saturated rings. The van der Waals surface area contributed by atoms with Crippen molar-refractivity contribution < 1.29 is 0 Å². The second kappa shape index (κ2) is 11.8. The first-order chi connectivity index (χ1) is 9.73. The van der Waals surface area contributed by atoms with E-state index in [1.165, 1.54) is 25.1 Å². The smallest absolute Gasteiger partial charge is 0.0410 e. The number of hydrogen-bond acceptors (Lipinski definition) is 9. The molecule has 1 aromatic carbocycles. The lowest BCUT2D eigenvalue weighted by Crippen LogP contribution is -1.95. The highest BCUT2D eigenvalue weighted by Crippen LogP contribution is 2.47. The van der Waals surface area contributed by atoms with E-state index < -0.39 is 0 Å². The Hall–Kier alpha value is 2.37. The zero-order chi connectivity index (χ0) is 15.0. The average Bonchev–Trinajstić information content (AvgIpc) is 2.45. The van der Waals surface area contributed by atoms with E-state index in [1.807, 2.05) is 0 Å². The van der Waals surface area contributed by atoms with Gasteiger partial charge in [0.15, 0.2) is 0 Å². The maximum absolute atomic E-state index is 4.47. The summed E-state index contributed by atoms with van der Waals surface area (Å²) in [6.45, 7) is 0. The van der Waals surface area contributed by atoms with Crippen molar-refractivity contribution in [2.45, 2.75) is 25.3 Å². The van der Waals surface area contributed by atoms with Gasteiger partial charge in [-0.1, -0.05) is 0 Å². The summed E-state index contributed by atoms with van der Waals surface area (Å²) in [6, 6.07) is 2.23. The van der Waals surface area contributed by atoms with Crippen LogP contribution >= 0.6 is 110 Å². The van der Waals surface area contributed by atoms with Crippen LogP contribution in [0.1, 0.15) is 5.56 Å². The van der Waals surface area contributed by atoms with Gasteiger partial charge < -0.3 is 0 Å². The largest absolute Gasteiger partial charge is 0.175 e. The normalized spacial score (nSPS) is 11.1. The van der Waals surface area contributed by atoms with Crippen LogP contribution in [0.25, 0.3) is 0 Å². The maximum Gasteiger partial charge on any atom is 0.0410 e. The monoisotopic (exact) mass is 436 g/mol. The highest BCUT2D eigenvalue weighted by atomic mass is 32.2. The highest BCUT2D eigenvalue weighted by Gasteiger charge is 2.18. The third-order valence-corrected chi connectivity index (χ3v) is 7.84. The summed E-state index contributed by atoms with van der Waals surface area (Å²) in [6.07, 6.45) is 0. The van der Waals surface area contributed by atoms with Crippen molar-refractivity contribution in [3.05, 3.63) is 11.6 Å².